The van der Waals surface area contributed by atoms with Gasteiger partial charge in [0.05, 0.1) is 12.8 Å². The van der Waals surface area contributed by atoms with E-state index >= 15 is 0 Å². The summed E-state index contributed by atoms with van der Waals surface area (Å²) in [6.45, 7) is 12.4. The van der Waals surface area contributed by atoms with Crippen molar-refractivity contribution in [1.29, 1.82) is 0 Å². The van der Waals surface area contributed by atoms with Crippen LogP contribution in [0.1, 0.15) is 59.1 Å². The van der Waals surface area contributed by atoms with E-state index in [0.29, 0.717) is 11.5 Å². The lowest BCUT2D eigenvalue weighted by atomic mass is 9.84. The second-order valence-corrected chi connectivity index (χ2v) is 7.31. The molecule has 2 rings (SSSR count). The Morgan fingerprint density at radius 3 is 2.71 bits per heavy atom. The molecule has 0 bridgehead atoms. The Balaban J connectivity index is 1.97. The Bertz CT molecular complexity index is 397. The number of hydrogen-bond donors (Lipinski definition) is 1. The Morgan fingerprint density at radius 2 is 2.19 bits per heavy atom. The standard InChI is InChI=1S/C18H32N2O/c1-5-10-18(4,13-19-15(2)3)14-20(16-8-9-16)12-17-7-6-11-21-17/h6-7,11,15-16,19H,5,8-10,12-14H2,1-4H3. The zero-order chi connectivity index (χ0) is 15.3. The van der Waals surface area contributed by atoms with Crippen molar-refractivity contribution in [3.05, 3.63) is 24.2 Å². The Kier molecular flexibility index (Phi) is 5.88. The van der Waals surface area contributed by atoms with Crippen molar-refractivity contribution in [2.45, 2.75) is 72.0 Å². The summed E-state index contributed by atoms with van der Waals surface area (Å²) in [5, 5.41) is 3.64. The van der Waals surface area contributed by atoms with Gasteiger partial charge in [-0.2, -0.15) is 0 Å². The lowest BCUT2D eigenvalue weighted by Gasteiger charge is -2.36. The van der Waals surface area contributed by atoms with Gasteiger partial charge in [0.1, 0.15) is 5.76 Å². The smallest absolute Gasteiger partial charge is 0.117 e. The number of nitrogens with zero attached hydrogens (tertiary/aromatic N) is 1. The number of rotatable bonds is 10. The molecule has 120 valence electrons. The van der Waals surface area contributed by atoms with E-state index in [2.05, 4.69) is 44.0 Å². The first-order valence-electron chi connectivity index (χ1n) is 8.52. The Hall–Kier alpha value is -0.800. The average molecular weight is 292 g/mol. The highest BCUT2D eigenvalue weighted by Crippen LogP contribution is 2.33. The predicted molar refractivity (Wildman–Crippen MR) is 88.3 cm³/mol. The topological polar surface area (TPSA) is 28.4 Å². The average Bonchev–Trinajstić information content (AvgIpc) is 3.15. The van der Waals surface area contributed by atoms with Crippen molar-refractivity contribution in [3.8, 4) is 0 Å². The molecule has 1 fully saturated rings. The first kappa shape index (κ1) is 16.6. The zero-order valence-corrected chi connectivity index (χ0v) is 14.2. The minimum absolute atomic E-state index is 0.341. The second kappa shape index (κ2) is 7.46. The molecule has 0 amide bonds. The molecule has 0 spiro atoms. The summed E-state index contributed by atoms with van der Waals surface area (Å²) in [6.07, 6.45) is 7.00. The Labute approximate surface area is 130 Å². The van der Waals surface area contributed by atoms with Crippen LogP contribution in [0, 0.1) is 5.41 Å². The molecule has 0 saturated heterocycles. The molecule has 1 N–H and O–H groups in total. The van der Waals surface area contributed by atoms with Crippen LogP contribution in [0.15, 0.2) is 22.8 Å². The Morgan fingerprint density at radius 1 is 1.43 bits per heavy atom. The van der Waals surface area contributed by atoms with Crippen LogP contribution in [-0.4, -0.2) is 30.1 Å². The van der Waals surface area contributed by atoms with Gasteiger partial charge in [0, 0.05) is 25.2 Å². The summed E-state index contributed by atoms with van der Waals surface area (Å²) >= 11 is 0. The molecule has 1 aromatic rings. The van der Waals surface area contributed by atoms with Crippen LogP contribution in [-0.2, 0) is 6.54 Å². The van der Waals surface area contributed by atoms with Crippen LogP contribution < -0.4 is 5.32 Å². The first-order valence-corrected chi connectivity index (χ1v) is 8.52. The third-order valence-electron chi connectivity index (χ3n) is 4.38. The van der Waals surface area contributed by atoms with E-state index in [9.17, 15) is 0 Å². The van der Waals surface area contributed by atoms with Crippen molar-refractivity contribution in [3.63, 3.8) is 0 Å². The predicted octanol–water partition coefficient (Wildman–Crippen LogP) is 4.05. The van der Waals surface area contributed by atoms with Crippen molar-refractivity contribution in [2.75, 3.05) is 13.1 Å². The van der Waals surface area contributed by atoms with E-state index in [4.69, 9.17) is 4.42 Å². The third-order valence-corrected chi connectivity index (χ3v) is 4.38. The summed E-state index contributed by atoms with van der Waals surface area (Å²) in [5.74, 6) is 1.09. The van der Waals surface area contributed by atoms with Gasteiger partial charge in [0.25, 0.3) is 0 Å². The maximum atomic E-state index is 5.56. The van der Waals surface area contributed by atoms with Crippen molar-refractivity contribution < 1.29 is 4.42 Å². The van der Waals surface area contributed by atoms with Gasteiger partial charge in [0.15, 0.2) is 0 Å². The number of furan rings is 1. The largest absolute Gasteiger partial charge is 0.468 e. The monoisotopic (exact) mass is 292 g/mol. The van der Waals surface area contributed by atoms with Crippen LogP contribution >= 0.6 is 0 Å². The number of nitrogens with one attached hydrogen (secondary N) is 1. The molecule has 1 saturated carbocycles. The molecule has 1 heterocycles. The van der Waals surface area contributed by atoms with E-state index in [-0.39, 0.29) is 0 Å². The summed E-state index contributed by atoms with van der Waals surface area (Å²) in [7, 11) is 0. The molecule has 1 atom stereocenters. The van der Waals surface area contributed by atoms with E-state index < -0.39 is 0 Å². The number of hydrogen-bond acceptors (Lipinski definition) is 3. The minimum Gasteiger partial charge on any atom is -0.468 e. The van der Waals surface area contributed by atoms with Crippen molar-refractivity contribution in [2.24, 2.45) is 5.41 Å². The third kappa shape index (κ3) is 5.48. The van der Waals surface area contributed by atoms with Crippen LogP contribution in [0.2, 0.25) is 0 Å². The van der Waals surface area contributed by atoms with Crippen molar-refractivity contribution >= 4 is 0 Å². The van der Waals surface area contributed by atoms with Gasteiger partial charge in [-0.15, -0.1) is 0 Å². The molecule has 1 aliphatic carbocycles. The molecule has 0 radical (unpaired) electrons. The van der Waals surface area contributed by atoms with Gasteiger partial charge in [-0.05, 0) is 36.8 Å². The van der Waals surface area contributed by atoms with Crippen LogP contribution in [0.25, 0.3) is 0 Å². The molecule has 1 aromatic heterocycles. The van der Waals surface area contributed by atoms with E-state index in [1.54, 1.807) is 6.26 Å². The molecule has 21 heavy (non-hydrogen) atoms. The van der Waals surface area contributed by atoms with Gasteiger partial charge < -0.3 is 9.73 Å². The molecular formula is C18H32N2O. The molecule has 1 unspecified atom stereocenters. The molecular weight excluding hydrogens is 260 g/mol. The first-order chi connectivity index (χ1) is 10.0. The molecule has 3 nitrogen and oxygen atoms in total. The lowest BCUT2D eigenvalue weighted by Crippen LogP contribution is -2.44. The summed E-state index contributed by atoms with van der Waals surface area (Å²) < 4.78 is 5.56. The van der Waals surface area contributed by atoms with Crippen LogP contribution in [0.3, 0.4) is 0 Å². The minimum atomic E-state index is 0.341. The highest BCUT2D eigenvalue weighted by atomic mass is 16.3. The van der Waals surface area contributed by atoms with E-state index in [1.807, 2.05) is 6.07 Å². The fourth-order valence-electron chi connectivity index (χ4n) is 3.12. The normalized spacial score (nSPS) is 18.4. The van der Waals surface area contributed by atoms with Gasteiger partial charge >= 0.3 is 0 Å². The van der Waals surface area contributed by atoms with Gasteiger partial charge in [0.2, 0.25) is 0 Å². The zero-order valence-electron chi connectivity index (χ0n) is 14.2. The van der Waals surface area contributed by atoms with Gasteiger partial charge in [-0.25, -0.2) is 0 Å². The molecule has 3 heteroatoms. The quantitative estimate of drug-likeness (QED) is 0.705. The lowest BCUT2D eigenvalue weighted by molar-refractivity contribution is 0.127. The van der Waals surface area contributed by atoms with E-state index in [1.165, 1.54) is 25.7 Å². The molecule has 0 aliphatic heterocycles. The summed E-state index contributed by atoms with van der Waals surface area (Å²) in [6, 6.07) is 5.41. The van der Waals surface area contributed by atoms with Gasteiger partial charge in [-0.3, -0.25) is 4.90 Å². The molecule has 1 aliphatic rings. The molecule has 0 aromatic carbocycles. The second-order valence-electron chi connectivity index (χ2n) is 7.31. The van der Waals surface area contributed by atoms with Crippen LogP contribution in [0.4, 0.5) is 0 Å². The van der Waals surface area contributed by atoms with Crippen molar-refractivity contribution in [1.82, 2.24) is 10.2 Å². The maximum Gasteiger partial charge on any atom is 0.117 e. The highest BCUT2D eigenvalue weighted by molar-refractivity contribution is 5.00. The SMILES string of the molecule is CCCC(C)(CNC(C)C)CN(Cc1ccco1)C1CC1. The fourth-order valence-corrected chi connectivity index (χ4v) is 3.12. The summed E-state index contributed by atoms with van der Waals surface area (Å²) in [4.78, 5) is 2.64. The maximum absolute atomic E-state index is 5.56. The van der Waals surface area contributed by atoms with Crippen LogP contribution in [0.5, 0.6) is 0 Å². The highest BCUT2D eigenvalue weighted by Gasteiger charge is 2.35. The summed E-state index contributed by atoms with van der Waals surface area (Å²) in [5.41, 5.74) is 0.341. The van der Waals surface area contributed by atoms with E-state index in [0.717, 1.165) is 31.4 Å². The fraction of sp³-hybridized carbons (Fsp3) is 0.778. The van der Waals surface area contributed by atoms with Gasteiger partial charge in [-0.1, -0.05) is 34.1 Å².